The smallest absolute Gasteiger partial charge is 0.326 e. The van der Waals surface area contributed by atoms with Gasteiger partial charge in [-0.05, 0) is 50.5 Å². The quantitative estimate of drug-likeness (QED) is 0.393. The van der Waals surface area contributed by atoms with Gasteiger partial charge in [-0.15, -0.1) is 0 Å². The Bertz CT molecular complexity index is 1340. The maximum Gasteiger partial charge on any atom is 0.326 e. The van der Waals surface area contributed by atoms with Crippen LogP contribution < -0.4 is 10.9 Å². The number of nitrogens with one attached hydrogen (secondary N) is 1. The summed E-state index contributed by atoms with van der Waals surface area (Å²) in [5, 5.41) is 3.33. The molecule has 0 radical (unpaired) electrons. The van der Waals surface area contributed by atoms with E-state index in [-0.39, 0.29) is 29.8 Å². The number of carbonyl (C=O) groups excluding carboxylic acids is 1. The summed E-state index contributed by atoms with van der Waals surface area (Å²) in [5.41, 5.74) is 4.36. The van der Waals surface area contributed by atoms with Crippen molar-refractivity contribution in [2.75, 3.05) is 26.9 Å². The molecule has 10 heteroatoms. The molecule has 0 spiro atoms. The van der Waals surface area contributed by atoms with E-state index in [1.807, 2.05) is 38.2 Å². The zero-order valence-electron chi connectivity index (χ0n) is 23.1. The number of rotatable bonds is 10. The van der Waals surface area contributed by atoms with Gasteiger partial charge in [0.15, 0.2) is 0 Å². The predicted octanol–water partition coefficient (Wildman–Crippen LogP) is 2.71. The third-order valence-electron chi connectivity index (χ3n) is 7.64. The zero-order valence-corrected chi connectivity index (χ0v) is 23.1. The van der Waals surface area contributed by atoms with Crippen molar-refractivity contribution in [3.63, 3.8) is 0 Å². The lowest BCUT2D eigenvalue weighted by Crippen LogP contribution is -2.47. The molecular formula is C29H38N4O6. The minimum atomic E-state index is -0.618. The fraction of sp³-hybridized carbons (Fsp3) is 0.552. The zero-order chi connectivity index (χ0) is 27.5. The van der Waals surface area contributed by atoms with Crippen LogP contribution in [0, 0.1) is 6.92 Å². The van der Waals surface area contributed by atoms with E-state index in [2.05, 4.69) is 16.0 Å². The number of hydrogen-bond acceptors (Lipinski definition) is 8. The molecule has 2 aliphatic rings. The molecule has 2 aliphatic heterocycles. The van der Waals surface area contributed by atoms with Gasteiger partial charge in [0.05, 0.1) is 43.0 Å². The first-order valence-corrected chi connectivity index (χ1v) is 13.7. The number of hydrogen-bond donors (Lipinski definition) is 1. The lowest BCUT2D eigenvalue weighted by atomic mass is 10.1. The molecule has 0 saturated carbocycles. The van der Waals surface area contributed by atoms with E-state index in [4.69, 9.17) is 23.9 Å². The summed E-state index contributed by atoms with van der Waals surface area (Å²) in [5.74, 6) is 0.465. The van der Waals surface area contributed by atoms with Gasteiger partial charge in [-0.25, -0.2) is 4.98 Å². The SMILES string of the molecule is COC(C)C(NCc1ccc2c(c1)nc(-c1cc(C)c(=O)n(C)c1)n2C[C@@H]1CCCO1)C(=O)OC1CCOC1. The van der Waals surface area contributed by atoms with Gasteiger partial charge in [0.1, 0.15) is 18.0 Å². The number of pyridine rings is 1. The van der Waals surface area contributed by atoms with Crippen LogP contribution in [0.1, 0.15) is 37.3 Å². The van der Waals surface area contributed by atoms with Crippen molar-refractivity contribution < 1.29 is 23.7 Å². The van der Waals surface area contributed by atoms with Crippen LogP contribution in [0.2, 0.25) is 0 Å². The van der Waals surface area contributed by atoms with E-state index in [0.29, 0.717) is 38.3 Å². The van der Waals surface area contributed by atoms with Crippen LogP contribution in [0.3, 0.4) is 0 Å². The number of ether oxygens (including phenoxy) is 4. The van der Waals surface area contributed by atoms with E-state index < -0.39 is 6.04 Å². The van der Waals surface area contributed by atoms with Gasteiger partial charge in [-0.1, -0.05) is 6.07 Å². The van der Waals surface area contributed by atoms with Gasteiger partial charge in [0.2, 0.25) is 0 Å². The molecule has 1 aromatic carbocycles. The number of benzene rings is 1. The highest BCUT2D eigenvalue weighted by molar-refractivity contribution is 5.81. The standard InChI is InChI=1S/C29H38N4O6/c1-18-12-21(15-32(3)28(18)34)27-31-24-13-20(7-8-25(24)33(27)16-22-6-5-10-38-22)14-30-26(19(2)36-4)29(35)39-23-9-11-37-17-23/h7-8,12-13,15,19,22-23,26,30H,5-6,9-11,14,16-17H2,1-4H3/t19?,22-,23?,26?/m0/s1. The molecule has 39 heavy (non-hydrogen) atoms. The molecule has 2 saturated heterocycles. The van der Waals surface area contributed by atoms with Gasteiger partial charge < -0.3 is 28.1 Å². The molecule has 2 aromatic heterocycles. The van der Waals surface area contributed by atoms with Crippen LogP contribution >= 0.6 is 0 Å². The lowest BCUT2D eigenvalue weighted by molar-refractivity contribution is -0.155. The van der Waals surface area contributed by atoms with E-state index in [0.717, 1.165) is 47.4 Å². The Morgan fingerprint density at radius 3 is 2.79 bits per heavy atom. The van der Waals surface area contributed by atoms with Gasteiger partial charge in [0.25, 0.3) is 5.56 Å². The second-order valence-electron chi connectivity index (χ2n) is 10.6. The Morgan fingerprint density at radius 2 is 2.10 bits per heavy atom. The molecule has 10 nitrogen and oxygen atoms in total. The van der Waals surface area contributed by atoms with Crippen molar-refractivity contribution in [2.45, 2.75) is 70.6 Å². The number of aryl methyl sites for hydroxylation is 2. The predicted molar refractivity (Wildman–Crippen MR) is 147 cm³/mol. The van der Waals surface area contributed by atoms with Crippen molar-refractivity contribution in [3.05, 3.63) is 51.9 Å². The Kier molecular flexibility index (Phi) is 8.46. The summed E-state index contributed by atoms with van der Waals surface area (Å²) >= 11 is 0. The number of esters is 1. The average Bonchev–Trinajstić information content (AvgIpc) is 3.69. The molecule has 1 N–H and O–H groups in total. The summed E-state index contributed by atoms with van der Waals surface area (Å²) in [7, 11) is 3.35. The Hall–Kier alpha value is -3.05. The van der Waals surface area contributed by atoms with E-state index in [1.54, 1.807) is 18.7 Å². The molecular weight excluding hydrogens is 500 g/mol. The topological polar surface area (TPSA) is 106 Å². The minimum absolute atomic E-state index is 0.0206. The molecule has 2 fully saturated rings. The number of nitrogens with zero attached hydrogens (tertiary/aromatic N) is 3. The molecule has 0 aliphatic carbocycles. The number of carbonyl (C=O) groups is 1. The average molecular weight is 539 g/mol. The normalized spacial score (nSPS) is 20.9. The Morgan fingerprint density at radius 1 is 1.26 bits per heavy atom. The molecule has 5 rings (SSSR count). The van der Waals surface area contributed by atoms with Crippen LogP contribution in [-0.2, 0) is 43.9 Å². The maximum absolute atomic E-state index is 12.9. The molecule has 0 amide bonds. The Labute approximate surface area is 228 Å². The van der Waals surface area contributed by atoms with E-state index in [9.17, 15) is 9.59 Å². The van der Waals surface area contributed by atoms with Crippen LogP contribution in [0.4, 0.5) is 0 Å². The first kappa shape index (κ1) is 27.5. The minimum Gasteiger partial charge on any atom is -0.459 e. The van der Waals surface area contributed by atoms with Crippen molar-refractivity contribution in [2.24, 2.45) is 7.05 Å². The first-order chi connectivity index (χ1) is 18.8. The molecule has 4 heterocycles. The van der Waals surface area contributed by atoms with Crippen LogP contribution in [0.25, 0.3) is 22.4 Å². The second kappa shape index (κ2) is 12.0. The third kappa shape index (κ3) is 6.09. The van der Waals surface area contributed by atoms with Gasteiger partial charge in [-0.3, -0.25) is 14.9 Å². The van der Waals surface area contributed by atoms with Crippen LogP contribution in [0.5, 0.6) is 0 Å². The van der Waals surface area contributed by atoms with E-state index >= 15 is 0 Å². The highest BCUT2D eigenvalue weighted by Crippen LogP contribution is 2.28. The summed E-state index contributed by atoms with van der Waals surface area (Å²) in [6.45, 7) is 6.62. The molecule has 3 unspecified atom stereocenters. The Balaban J connectivity index is 1.42. The van der Waals surface area contributed by atoms with Crippen molar-refractivity contribution in [1.29, 1.82) is 0 Å². The summed E-state index contributed by atoms with van der Waals surface area (Å²) in [4.78, 5) is 30.3. The molecule has 4 atom stereocenters. The number of fused-ring (bicyclic) bond motifs is 1. The third-order valence-corrected chi connectivity index (χ3v) is 7.64. The van der Waals surface area contributed by atoms with Crippen molar-refractivity contribution in [3.8, 4) is 11.4 Å². The fourth-order valence-electron chi connectivity index (χ4n) is 5.33. The van der Waals surface area contributed by atoms with Gasteiger partial charge in [-0.2, -0.15) is 0 Å². The maximum atomic E-state index is 12.9. The second-order valence-corrected chi connectivity index (χ2v) is 10.6. The van der Waals surface area contributed by atoms with Crippen LogP contribution in [-0.4, -0.2) is 71.4 Å². The molecule has 0 bridgehead atoms. The summed E-state index contributed by atoms with van der Waals surface area (Å²) in [6, 6.07) is 7.43. The van der Waals surface area contributed by atoms with Crippen LogP contribution in [0.15, 0.2) is 35.3 Å². The highest BCUT2D eigenvalue weighted by Gasteiger charge is 2.30. The van der Waals surface area contributed by atoms with E-state index in [1.165, 1.54) is 0 Å². The summed E-state index contributed by atoms with van der Waals surface area (Å²) < 4.78 is 26.2. The molecule has 3 aromatic rings. The number of imidazole rings is 1. The first-order valence-electron chi connectivity index (χ1n) is 13.7. The lowest BCUT2D eigenvalue weighted by Gasteiger charge is -2.24. The number of methoxy groups -OCH3 is 1. The van der Waals surface area contributed by atoms with Gasteiger partial charge >= 0.3 is 5.97 Å². The fourth-order valence-corrected chi connectivity index (χ4v) is 5.33. The molecule has 210 valence electrons. The van der Waals surface area contributed by atoms with Crippen molar-refractivity contribution >= 4 is 17.0 Å². The van der Waals surface area contributed by atoms with Crippen molar-refractivity contribution in [1.82, 2.24) is 19.4 Å². The highest BCUT2D eigenvalue weighted by atomic mass is 16.6. The largest absolute Gasteiger partial charge is 0.459 e. The summed E-state index contributed by atoms with van der Waals surface area (Å²) in [6.07, 6.45) is 4.16. The monoisotopic (exact) mass is 538 g/mol. The number of aromatic nitrogens is 3. The van der Waals surface area contributed by atoms with Gasteiger partial charge in [0, 0.05) is 51.1 Å².